The first-order valence-corrected chi connectivity index (χ1v) is 7.17. The van der Waals surface area contributed by atoms with Crippen molar-refractivity contribution in [3.63, 3.8) is 0 Å². The summed E-state index contributed by atoms with van der Waals surface area (Å²) in [4.78, 5) is 26.2. The van der Waals surface area contributed by atoms with Gasteiger partial charge in [-0.1, -0.05) is 19.3 Å². The molecule has 112 valence electrons. The molecule has 1 aromatic heterocycles. The Morgan fingerprint density at radius 3 is 2.71 bits per heavy atom. The molecule has 0 radical (unpaired) electrons. The summed E-state index contributed by atoms with van der Waals surface area (Å²) in [6.45, 7) is 1.58. The lowest BCUT2D eigenvalue weighted by Crippen LogP contribution is -2.34. The maximum atomic E-state index is 11.8. The minimum absolute atomic E-state index is 0.0150. The summed E-state index contributed by atoms with van der Waals surface area (Å²) in [6.07, 6.45) is 8.66. The Labute approximate surface area is 123 Å². The zero-order chi connectivity index (χ0) is 15.2. The molecule has 0 aromatic carbocycles. The molecule has 1 aromatic rings. The molecule has 6 heteroatoms. The van der Waals surface area contributed by atoms with Crippen LogP contribution >= 0.6 is 0 Å². The second-order valence-corrected chi connectivity index (χ2v) is 5.27. The van der Waals surface area contributed by atoms with Gasteiger partial charge in [0.2, 0.25) is 5.91 Å². The van der Waals surface area contributed by atoms with Crippen LogP contribution in [0.3, 0.4) is 0 Å². The second kappa shape index (κ2) is 6.97. The largest absolute Gasteiger partial charge is 0.350 e. The highest BCUT2D eigenvalue weighted by molar-refractivity contribution is 5.91. The fourth-order valence-corrected chi connectivity index (χ4v) is 2.52. The van der Waals surface area contributed by atoms with E-state index in [0.29, 0.717) is 11.4 Å². The molecular weight excluding hydrogens is 270 g/mol. The summed E-state index contributed by atoms with van der Waals surface area (Å²) in [5, 5.41) is 13.7. The van der Waals surface area contributed by atoms with Crippen molar-refractivity contribution in [1.82, 2.24) is 10.3 Å². The standard InChI is InChI=1S/C15H19N3O3/c1-11-14(18(20)21)9-7-13(16-11)8-10-15(19)17-12-5-3-2-4-6-12/h7-10,12H,2-6H2,1H3,(H,17,19). The topological polar surface area (TPSA) is 85.1 Å². The number of carbonyl (C=O) groups is 1. The molecule has 0 unspecified atom stereocenters. The SMILES string of the molecule is Cc1nc(C=CC(=O)NC2CCCCC2)ccc1[N+](=O)[O-]. The van der Waals surface area contributed by atoms with E-state index in [4.69, 9.17) is 0 Å². The molecule has 1 aliphatic rings. The van der Waals surface area contributed by atoms with Gasteiger partial charge in [0.1, 0.15) is 5.69 Å². The number of aromatic nitrogens is 1. The van der Waals surface area contributed by atoms with Crippen LogP contribution in [0.4, 0.5) is 5.69 Å². The molecule has 2 rings (SSSR count). The first-order valence-electron chi connectivity index (χ1n) is 7.17. The predicted octanol–water partition coefficient (Wildman–Crippen LogP) is 2.76. The number of nitrogens with one attached hydrogen (secondary N) is 1. The lowest BCUT2D eigenvalue weighted by molar-refractivity contribution is -0.385. The number of nitrogens with zero attached hydrogens (tertiary/aromatic N) is 2. The number of amides is 1. The summed E-state index contributed by atoms with van der Waals surface area (Å²) in [5.41, 5.74) is 0.866. The lowest BCUT2D eigenvalue weighted by Gasteiger charge is -2.21. The molecule has 1 saturated carbocycles. The van der Waals surface area contributed by atoms with Crippen molar-refractivity contribution in [1.29, 1.82) is 0 Å². The third-order valence-corrected chi connectivity index (χ3v) is 3.63. The first kappa shape index (κ1) is 15.2. The molecule has 0 aliphatic heterocycles. The highest BCUT2D eigenvalue weighted by Gasteiger charge is 2.14. The van der Waals surface area contributed by atoms with Crippen molar-refractivity contribution < 1.29 is 9.72 Å². The summed E-state index contributed by atoms with van der Waals surface area (Å²) in [6, 6.07) is 3.21. The number of carbonyl (C=O) groups excluding carboxylic acids is 1. The number of aryl methyl sites for hydroxylation is 1. The van der Waals surface area contributed by atoms with Gasteiger partial charge in [0.15, 0.2) is 0 Å². The lowest BCUT2D eigenvalue weighted by atomic mass is 9.95. The van der Waals surface area contributed by atoms with Crippen LogP contribution in [-0.2, 0) is 4.79 Å². The molecule has 1 heterocycles. The van der Waals surface area contributed by atoms with E-state index in [1.165, 1.54) is 24.6 Å². The van der Waals surface area contributed by atoms with Gasteiger partial charge in [-0.3, -0.25) is 14.9 Å². The van der Waals surface area contributed by atoms with Crippen LogP contribution in [0.2, 0.25) is 0 Å². The Balaban J connectivity index is 1.95. The van der Waals surface area contributed by atoms with E-state index in [2.05, 4.69) is 10.3 Å². The van der Waals surface area contributed by atoms with Crippen molar-refractivity contribution in [2.75, 3.05) is 0 Å². The van der Waals surface area contributed by atoms with Gasteiger partial charge >= 0.3 is 0 Å². The third-order valence-electron chi connectivity index (χ3n) is 3.63. The summed E-state index contributed by atoms with van der Waals surface area (Å²) >= 11 is 0. The van der Waals surface area contributed by atoms with Crippen molar-refractivity contribution in [2.45, 2.75) is 45.1 Å². The first-order chi connectivity index (χ1) is 10.1. The molecule has 6 nitrogen and oxygen atoms in total. The fourth-order valence-electron chi connectivity index (χ4n) is 2.52. The number of hydrogen-bond donors (Lipinski definition) is 1. The van der Waals surface area contributed by atoms with Crippen molar-refractivity contribution in [3.8, 4) is 0 Å². The molecule has 0 saturated heterocycles. The fraction of sp³-hybridized carbons (Fsp3) is 0.467. The van der Waals surface area contributed by atoms with Crippen LogP contribution in [0.1, 0.15) is 43.5 Å². The Kier molecular flexibility index (Phi) is 5.03. The summed E-state index contributed by atoms with van der Waals surface area (Å²) in [5.74, 6) is -0.139. The molecule has 1 fully saturated rings. The monoisotopic (exact) mass is 289 g/mol. The second-order valence-electron chi connectivity index (χ2n) is 5.27. The van der Waals surface area contributed by atoms with E-state index >= 15 is 0 Å². The number of hydrogen-bond acceptors (Lipinski definition) is 4. The van der Waals surface area contributed by atoms with E-state index in [1.807, 2.05) is 0 Å². The van der Waals surface area contributed by atoms with E-state index in [9.17, 15) is 14.9 Å². The predicted molar refractivity (Wildman–Crippen MR) is 79.7 cm³/mol. The summed E-state index contributed by atoms with van der Waals surface area (Å²) < 4.78 is 0. The van der Waals surface area contributed by atoms with Gasteiger partial charge in [-0.2, -0.15) is 0 Å². The highest BCUT2D eigenvalue weighted by atomic mass is 16.6. The maximum Gasteiger partial charge on any atom is 0.290 e. The average molecular weight is 289 g/mol. The van der Waals surface area contributed by atoms with Crippen molar-refractivity contribution in [2.24, 2.45) is 0 Å². The van der Waals surface area contributed by atoms with Crippen LogP contribution in [-0.4, -0.2) is 21.9 Å². The van der Waals surface area contributed by atoms with Crippen LogP contribution in [0.25, 0.3) is 6.08 Å². The molecule has 1 amide bonds. The quantitative estimate of drug-likeness (QED) is 0.524. The Morgan fingerprint density at radius 2 is 2.10 bits per heavy atom. The molecule has 1 aliphatic carbocycles. The van der Waals surface area contributed by atoms with Crippen LogP contribution in [0.5, 0.6) is 0 Å². The minimum Gasteiger partial charge on any atom is -0.350 e. The number of pyridine rings is 1. The minimum atomic E-state index is -0.467. The zero-order valence-corrected chi connectivity index (χ0v) is 12.0. The average Bonchev–Trinajstić information content (AvgIpc) is 2.46. The van der Waals surface area contributed by atoms with Gasteiger partial charge in [0.05, 0.1) is 10.6 Å². The van der Waals surface area contributed by atoms with Gasteiger partial charge in [-0.25, -0.2) is 4.98 Å². The molecule has 0 spiro atoms. The van der Waals surface area contributed by atoms with Gasteiger partial charge in [0.25, 0.3) is 5.69 Å². The molecule has 0 bridgehead atoms. The van der Waals surface area contributed by atoms with E-state index in [0.717, 1.165) is 25.7 Å². The Morgan fingerprint density at radius 1 is 1.38 bits per heavy atom. The Hall–Kier alpha value is -2.24. The molecule has 21 heavy (non-hydrogen) atoms. The number of rotatable bonds is 4. The Bertz CT molecular complexity index is 563. The van der Waals surface area contributed by atoms with Crippen LogP contribution < -0.4 is 5.32 Å². The van der Waals surface area contributed by atoms with E-state index < -0.39 is 4.92 Å². The highest BCUT2D eigenvalue weighted by Crippen LogP contribution is 2.18. The van der Waals surface area contributed by atoms with Gasteiger partial charge < -0.3 is 5.32 Å². The van der Waals surface area contributed by atoms with E-state index in [1.54, 1.807) is 13.0 Å². The van der Waals surface area contributed by atoms with Crippen molar-refractivity contribution >= 4 is 17.7 Å². The summed E-state index contributed by atoms with van der Waals surface area (Å²) in [7, 11) is 0. The maximum absolute atomic E-state index is 11.8. The van der Waals surface area contributed by atoms with Crippen molar-refractivity contribution in [3.05, 3.63) is 39.7 Å². The van der Waals surface area contributed by atoms with Gasteiger partial charge in [-0.05, 0) is 31.9 Å². The third kappa shape index (κ3) is 4.37. The van der Waals surface area contributed by atoms with E-state index in [-0.39, 0.29) is 17.6 Å². The van der Waals surface area contributed by atoms with Gasteiger partial charge in [-0.15, -0.1) is 0 Å². The normalized spacial score (nSPS) is 16.0. The zero-order valence-electron chi connectivity index (χ0n) is 12.0. The molecule has 1 N–H and O–H groups in total. The number of nitro groups is 1. The van der Waals surface area contributed by atoms with Crippen LogP contribution in [0.15, 0.2) is 18.2 Å². The van der Waals surface area contributed by atoms with Crippen LogP contribution in [0, 0.1) is 17.0 Å². The molecule has 0 atom stereocenters. The smallest absolute Gasteiger partial charge is 0.290 e. The van der Waals surface area contributed by atoms with Gasteiger partial charge in [0, 0.05) is 18.2 Å². The molecular formula is C15H19N3O3.